The highest BCUT2D eigenvalue weighted by molar-refractivity contribution is 7.09. The fourth-order valence-corrected chi connectivity index (χ4v) is 3.19. The lowest BCUT2D eigenvalue weighted by Crippen LogP contribution is -2.33. The maximum Gasteiger partial charge on any atom is 0.221 e. The number of benzene rings is 1. The Hall–Kier alpha value is -1.99. The highest BCUT2D eigenvalue weighted by Gasteiger charge is 2.14. The summed E-state index contributed by atoms with van der Waals surface area (Å²) < 4.78 is 9.67. The average molecular weight is 377 g/mol. The maximum atomic E-state index is 12.0. The molecule has 1 aromatic heterocycles. The van der Waals surface area contributed by atoms with Gasteiger partial charge in [-0.2, -0.15) is 4.37 Å². The Morgan fingerprint density at radius 2 is 2.08 bits per heavy atom. The zero-order valence-electron chi connectivity index (χ0n) is 15.6. The quantitative estimate of drug-likeness (QED) is 0.577. The van der Waals surface area contributed by atoms with Gasteiger partial charge in [-0.05, 0) is 12.0 Å². The van der Waals surface area contributed by atoms with E-state index < -0.39 is 0 Å². The van der Waals surface area contributed by atoms with Gasteiger partial charge < -0.3 is 15.0 Å². The zero-order valence-corrected chi connectivity index (χ0v) is 16.4. The van der Waals surface area contributed by atoms with Crippen molar-refractivity contribution in [3.05, 3.63) is 41.7 Å². The van der Waals surface area contributed by atoms with Crippen LogP contribution < -0.4 is 10.2 Å². The fraction of sp³-hybridized carbons (Fsp3) is 0.526. The molecule has 0 aliphatic carbocycles. The zero-order chi connectivity index (χ0) is 18.6. The molecule has 0 spiro atoms. The molecule has 2 aromatic rings. The second-order valence-electron chi connectivity index (χ2n) is 6.09. The van der Waals surface area contributed by atoms with Crippen molar-refractivity contribution in [2.24, 2.45) is 0 Å². The molecular weight excluding hydrogens is 348 g/mol. The summed E-state index contributed by atoms with van der Waals surface area (Å²) in [5, 5.41) is 3.80. The summed E-state index contributed by atoms with van der Waals surface area (Å²) in [7, 11) is 1.68. The number of hydrogen-bond donors (Lipinski definition) is 1. The molecule has 7 heteroatoms. The predicted molar refractivity (Wildman–Crippen MR) is 106 cm³/mol. The number of amides is 1. The summed E-state index contributed by atoms with van der Waals surface area (Å²) in [6.07, 6.45) is 3.25. The molecule has 1 aromatic carbocycles. The van der Waals surface area contributed by atoms with Crippen LogP contribution in [0.15, 0.2) is 30.3 Å². The summed E-state index contributed by atoms with van der Waals surface area (Å²) in [5.41, 5.74) is 1.19. The molecule has 1 N–H and O–H groups in total. The molecule has 0 radical (unpaired) electrons. The first-order valence-corrected chi connectivity index (χ1v) is 9.87. The number of nitrogens with one attached hydrogen (secondary N) is 1. The van der Waals surface area contributed by atoms with Crippen LogP contribution in [-0.2, 0) is 16.0 Å². The van der Waals surface area contributed by atoms with Crippen molar-refractivity contribution in [1.82, 2.24) is 14.7 Å². The summed E-state index contributed by atoms with van der Waals surface area (Å²) in [4.78, 5) is 18.7. The highest BCUT2D eigenvalue weighted by Crippen LogP contribution is 2.19. The van der Waals surface area contributed by atoms with Gasteiger partial charge in [0.2, 0.25) is 11.0 Å². The third-order valence-corrected chi connectivity index (χ3v) is 4.77. The number of carbonyl (C=O) groups is 1. The molecule has 26 heavy (non-hydrogen) atoms. The van der Waals surface area contributed by atoms with Gasteiger partial charge in [-0.25, -0.2) is 4.98 Å². The van der Waals surface area contributed by atoms with E-state index in [2.05, 4.69) is 38.6 Å². The molecule has 0 fully saturated rings. The second kappa shape index (κ2) is 11.6. The molecule has 6 nitrogen and oxygen atoms in total. The Labute approximate surface area is 159 Å². The van der Waals surface area contributed by atoms with Crippen LogP contribution in [0.25, 0.3) is 0 Å². The molecule has 1 amide bonds. The van der Waals surface area contributed by atoms with Crippen LogP contribution in [0, 0.1) is 0 Å². The van der Waals surface area contributed by atoms with Crippen molar-refractivity contribution >= 4 is 22.6 Å². The van der Waals surface area contributed by atoms with Crippen LogP contribution in [0.1, 0.15) is 37.6 Å². The molecule has 1 heterocycles. The van der Waals surface area contributed by atoms with Gasteiger partial charge in [0, 0.05) is 51.1 Å². The minimum Gasteiger partial charge on any atom is -0.383 e. The summed E-state index contributed by atoms with van der Waals surface area (Å²) >= 11 is 1.38. The number of aromatic nitrogens is 2. The van der Waals surface area contributed by atoms with Crippen molar-refractivity contribution in [3.63, 3.8) is 0 Å². The van der Waals surface area contributed by atoms with E-state index >= 15 is 0 Å². The van der Waals surface area contributed by atoms with Crippen molar-refractivity contribution in [2.45, 2.75) is 32.6 Å². The maximum absolute atomic E-state index is 12.0. The Balaban J connectivity index is 1.92. The van der Waals surface area contributed by atoms with E-state index in [1.54, 1.807) is 7.11 Å². The number of nitrogens with zero attached hydrogens (tertiary/aromatic N) is 3. The Morgan fingerprint density at radius 1 is 1.27 bits per heavy atom. The van der Waals surface area contributed by atoms with Gasteiger partial charge in [-0.3, -0.25) is 4.79 Å². The van der Waals surface area contributed by atoms with Crippen molar-refractivity contribution in [2.75, 3.05) is 38.3 Å². The number of ether oxygens (including phenoxy) is 1. The Kier molecular flexibility index (Phi) is 9.06. The largest absolute Gasteiger partial charge is 0.383 e. The smallest absolute Gasteiger partial charge is 0.221 e. The van der Waals surface area contributed by atoms with Gasteiger partial charge in [0.25, 0.3) is 0 Å². The molecule has 0 atom stereocenters. The van der Waals surface area contributed by atoms with E-state index in [0.29, 0.717) is 32.5 Å². The standard InChI is InChI=1S/C19H28N4O2S/c1-3-4-11-20-18(24)10-12-23(13-14-25-2)19-21-17(22-26-19)15-16-8-6-5-7-9-16/h5-9H,3-4,10-15H2,1-2H3,(H,20,24). The monoisotopic (exact) mass is 376 g/mol. The number of unbranched alkanes of at least 4 members (excludes halogenated alkanes) is 1. The number of anilines is 1. The lowest BCUT2D eigenvalue weighted by atomic mass is 10.1. The van der Waals surface area contributed by atoms with Crippen molar-refractivity contribution in [3.8, 4) is 0 Å². The average Bonchev–Trinajstić information content (AvgIpc) is 3.11. The molecule has 0 saturated carbocycles. The minimum atomic E-state index is 0.0786. The summed E-state index contributed by atoms with van der Waals surface area (Å²) in [5.74, 6) is 0.890. The van der Waals surface area contributed by atoms with Crippen LogP contribution in [0.3, 0.4) is 0 Å². The van der Waals surface area contributed by atoms with Gasteiger partial charge in [0.15, 0.2) is 0 Å². The lowest BCUT2D eigenvalue weighted by molar-refractivity contribution is -0.120. The third-order valence-electron chi connectivity index (χ3n) is 3.96. The van der Waals surface area contributed by atoms with Crippen LogP contribution in [-0.4, -0.2) is 48.6 Å². The van der Waals surface area contributed by atoms with Crippen LogP contribution >= 0.6 is 11.5 Å². The lowest BCUT2D eigenvalue weighted by Gasteiger charge is -2.20. The molecule has 2 rings (SSSR count). The normalized spacial score (nSPS) is 10.7. The number of hydrogen-bond acceptors (Lipinski definition) is 6. The van der Waals surface area contributed by atoms with E-state index in [9.17, 15) is 4.79 Å². The van der Waals surface area contributed by atoms with E-state index in [0.717, 1.165) is 30.3 Å². The molecule has 0 aliphatic heterocycles. The topological polar surface area (TPSA) is 67.4 Å². The summed E-state index contributed by atoms with van der Waals surface area (Å²) in [6.45, 7) is 4.75. The molecule has 0 bridgehead atoms. The number of methoxy groups -OCH3 is 1. The van der Waals surface area contributed by atoms with Crippen molar-refractivity contribution in [1.29, 1.82) is 0 Å². The first-order valence-electron chi connectivity index (χ1n) is 9.10. The number of carbonyl (C=O) groups excluding carboxylic acids is 1. The fourth-order valence-electron chi connectivity index (χ4n) is 2.46. The first-order chi connectivity index (χ1) is 12.7. The molecule has 142 valence electrons. The minimum absolute atomic E-state index is 0.0786. The van der Waals surface area contributed by atoms with Gasteiger partial charge in [-0.1, -0.05) is 43.7 Å². The molecular formula is C19H28N4O2S. The second-order valence-corrected chi connectivity index (χ2v) is 6.82. The van der Waals surface area contributed by atoms with E-state index in [1.807, 2.05) is 18.2 Å². The van der Waals surface area contributed by atoms with Crippen LogP contribution in [0.4, 0.5) is 5.13 Å². The number of rotatable bonds is 12. The molecule has 0 unspecified atom stereocenters. The van der Waals surface area contributed by atoms with Gasteiger partial charge >= 0.3 is 0 Å². The Bertz CT molecular complexity index is 648. The van der Waals surface area contributed by atoms with Crippen LogP contribution in [0.2, 0.25) is 0 Å². The SMILES string of the molecule is CCCCNC(=O)CCN(CCOC)c1nc(Cc2ccccc2)ns1. The summed E-state index contributed by atoms with van der Waals surface area (Å²) in [6, 6.07) is 10.2. The molecule has 0 saturated heterocycles. The highest BCUT2D eigenvalue weighted by atomic mass is 32.1. The molecule has 0 aliphatic rings. The van der Waals surface area contributed by atoms with Crippen molar-refractivity contribution < 1.29 is 9.53 Å². The van der Waals surface area contributed by atoms with E-state index in [1.165, 1.54) is 17.1 Å². The van der Waals surface area contributed by atoms with Crippen LogP contribution in [0.5, 0.6) is 0 Å². The van der Waals surface area contributed by atoms with E-state index in [-0.39, 0.29) is 5.91 Å². The predicted octanol–water partition coefficient (Wildman–Crippen LogP) is 2.89. The van der Waals surface area contributed by atoms with Gasteiger partial charge in [0.05, 0.1) is 6.61 Å². The van der Waals surface area contributed by atoms with E-state index in [4.69, 9.17) is 4.74 Å². The first kappa shape index (κ1) is 20.3. The van der Waals surface area contributed by atoms with Gasteiger partial charge in [0.1, 0.15) is 5.82 Å². The Morgan fingerprint density at radius 3 is 2.81 bits per heavy atom. The third kappa shape index (κ3) is 7.09. The van der Waals surface area contributed by atoms with Gasteiger partial charge in [-0.15, -0.1) is 0 Å².